The van der Waals surface area contributed by atoms with E-state index in [1.54, 1.807) is 22.9 Å². The summed E-state index contributed by atoms with van der Waals surface area (Å²) in [4.78, 5) is 33.1. The molecule has 0 bridgehead atoms. The number of carbonyl (C=O) groups is 2. The van der Waals surface area contributed by atoms with Crippen LogP contribution in [0.3, 0.4) is 0 Å². The Labute approximate surface area is 165 Å². The largest absolute Gasteiger partial charge is 0.449 e. The zero-order valence-electron chi connectivity index (χ0n) is 16.2. The summed E-state index contributed by atoms with van der Waals surface area (Å²) >= 11 is 1.74. The van der Waals surface area contributed by atoms with E-state index >= 15 is 0 Å². The number of carbonyl (C=O) groups excluding carboxylic acids is 2. The fourth-order valence-electron chi connectivity index (χ4n) is 3.40. The van der Waals surface area contributed by atoms with Crippen molar-refractivity contribution in [1.29, 1.82) is 0 Å². The number of rotatable bonds is 5. The van der Waals surface area contributed by atoms with Crippen molar-refractivity contribution in [2.45, 2.75) is 49.8 Å². The molecule has 2 heterocycles. The Kier molecular flexibility index (Phi) is 6.99. The van der Waals surface area contributed by atoms with Crippen molar-refractivity contribution < 1.29 is 14.3 Å². The zero-order valence-corrected chi connectivity index (χ0v) is 17.0. The molecule has 6 nitrogen and oxygen atoms in total. The van der Waals surface area contributed by atoms with Crippen LogP contribution in [0.2, 0.25) is 0 Å². The fraction of sp³-hybridized carbons (Fsp3) is 0.650. The number of nitrogens with zero attached hydrogens (tertiary/aromatic N) is 3. The highest BCUT2D eigenvalue weighted by Gasteiger charge is 2.28. The van der Waals surface area contributed by atoms with Crippen molar-refractivity contribution in [2.24, 2.45) is 5.92 Å². The van der Waals surface area contributed by atoms with Gasteiger partial charge in [0, 0.05) is 37.6 Å². The molecule has 1 aliphatic carbocycles. The van der Waals surface area contributed by atoms with Crippen LogP contribution in [0.15, 0.2) is 23.4 Å². The van der Waals surface area contributed by atoms with Gasteiger partial charge in [0.15, 0.2) is 0 Å². The van der Waals surface area contributed by atoms with E-state index in [9.17, 15) is 9.59 Å². The molecule has 2 amide bonds. The van der Waals surface area contributed by atoms with Crippen LogP contribution in [0.25, 0.3) is 0 Å². The third-order valence-electron chi connectivity index (χ3n) is 4.95. The van der Waals surface area contributed by atoms with Crippen LogP contribution in [0, 0.1) is 5.92 Å². The summed E-state index contributed by atoms with van der Waals surface area (Å²) in [7, 11) is 0. The van der Waals surface area contributed by atoms with Gasteiger partial charge in [-0.3, -0.25) is 4.79 Å². The molecule has 1 aromatic rings. The number of piperazine rings is 1. The van der Waals surface area contributed by atoms with Crippen LogP contribution in [-0.2, 0) is 4.74 Å². The molecule has 7 heteroatoms. The summed E-state index contributed by atoms with van der Waals surface area (Å²) in [5.41, 5.74) is 0.685. The monoisotopic (exact) mass is 391 g/mol. The van der Waals surface area contributed by atoms with Crippen molar-refractivity contribution >= 4 is 23.8 Å². The van der Waals surface area contributed by atoms with Crippen LogP contribution < -0.4 is 0 Å². The van der Waals surface area contributed by atoms with Crippen LogP contribution in [0.1, 0.15) is 49.9 Å². The molecule has 3 rings (SSSR count). The molecular weight excluding hydrogens is 362 g/mol. The molecule has 27 heavy (non-hydrogen) atoms. The van der Waals surface area contributed by atoms with Gasteiger partial charge in [-0.1, -0.05) is 26.7 Å². The number of aromatic nitrogens is 1. The summed E-state index contributed by atoms with van der Waals surface area (Å²) in [6.07, 6.45) is 6.41. The molecular formula is C20H29N3O3S. The average Bonchev–Trinajstić information content (AvgIpc) is 3.19. The van der Waals surface area contributed by atoms with Gasteiger partial charge in [-0.25, -0.2) is 9.78 Å². The number of ether oxygens (including phenoxy) is 1. The summed E-state index contributed by atoms with van der Waals surface area (Å²) in [5.74, 6) is 0.331. The smallest absolute Gasteiger partial charge is 0.409 e. The third kappa shape index (κ3) is 5.37. The maximum Gasteiger partial charge on any atom is 0.409 e. The quantitative estimate of drug-likeness (QED) is 0.766. The summed E-state index contributed by atoms with van der Waals surface area (Å²) < 4.78 is 5.29. The Bertz CT molecular complexity index is 654. The molecule has 0 unspecified atom stereocenters. The summed E-state index contributed by atoms with van der Waals surface area (Å²) in [6, 6.07) is 3.70. The van der Waals surface area contributed by atoms with Gasteiger partial charge in [0.25, 0.3) is 5.91 Å². The lowest BCUT2D eigenvalue weighted by Gasteiger charge is -2.34. The maximum atomic E-state index is 13.0. The van der Waals surface area contributed by atoms with E-state index in [-0.39, 0.29) is 12.0 Å². The van der Waals surface area contributed by atoms with Gasteiger partial charge in [0.2, 0.25) is 0 Å². The molecule has 0 N–H and O–H groups in total. The first-order chi connectivity index (χ1) is 13.0. The van der Waals surface area contributed by atoms with E-state index in [1.165, 1.54) is 25.7 Å². The second kappa shape index (κ2) is 9.44. The molecule has 1 saturated carbocycles. The highest BCUT2D eigenvalue weighted by atomic mass is 32.2. The predicted octanol–water partition coefficient (Wildman–Crippen LogP) is 3.67. The topological polar surface area (TPSA) is 62.7 Å². The molecule has 0 aromatic carbocycles. The minimum Gasteiger partial charge on any atom is -0.449 e. The van der Waals surface area contributed by atoms with Gasteiger partial charge in [-0.2, -0.15) is 0 Å². The van der Waals surface area contributed by atoms with E-state index < -0.39 is 0 Å². The van der Waals surface area contributed by atoms with Gasteiger partial charge in [0.05, 0.1) is 12.2 Å². The fourth-order valence-corrected chi connectivity index (χ4v) is 4.69. The maximum absolute atomic E-state index is 13.0. The number of thioether (sulfide) groups is 1. The first kappa shape index (κ1) is 20.0. The molecule has 148 valence electrons. The van der Waals surface area contributed by atoms with Crippen molar-refractivity contribution in [3.8, 4) is 0 Å². The highest BCUT2D eigenvalue weighted by Crippen LogP contribution is 2.35. The highest BCUT2D eigenvalue weighted by molar-refractivity contribution is 7.99. The molecule has 1 aromatic heterocycles. The second-order valence-electron chi connectivity index (χ2n) is 7.63. The van der Waals surface area contributed by atoms with Crippen LogP contribution >= 0.6 is 11.8 Å². The number of hydrogen-bond acceptors (Lipinski definition) is 5. The Hall–Kier alpha value is -1.76. The van der Waals surface area contributed by atoms with E-state index in [1.807, 2.05) is 30.9 Å². The van der Waals surface area contributed by atoms with Gasteiger partial charge < -0.3 is 14.5 Å². The lowest BCUT2D eigenvalue weighted by molar-refractivity contribution is 0.0532. The van der Waals surface area contributed by atoms with Crippen molar-refractivity contribution in [1.82, 2.24) is 14.8 Å². The van der Waals surface area contributed by atoms with Gasteiger partial charge in [0.1, 0.15) is 5.03 Å². The first-order valence-electron chi connectivity index (χ1n) is 9.87. The lowest BCUT2D eigenvalue weighted by Crippen LogP contribution is -2.51. The Morgan fingerprint density at radius 1 is 1.19 bits per heavy atom. The Balaban J connectivity index is 1.57. The van der Waals surface area contributed by atoms with E-state index in [2.05, 4.69) is 4.98 Å². The summed E-state index contributed by atoms with van der Waals surface area (Å²) in [5, 5.41) is 1.41. The van der Waals surface area contributed by atoms with Crippen molar-refractivity contribution in [2.75, 3.05) is 32.8 Å². The average molecular weight is 392 g/mol. The number of pyridine rings is 1. The molecule has 1 saturated heterocycles. The van der Waals surface area contributed by atoms with E-state index in [0.29, 0.717) is 49.5 Å². The second-order valence-corrected chi connectivity index (χ2v) is 8.92. The minimum absolute atomic E-state index is 0.0128. The summed E-state index contributed by atoms with van der Waals surface area (Å²) in [6.45, 7) is 6.52. The SMILES string of the molecule is CC(C)COC(=O)N1CCN(C(=O)c2cccnc2SC2CCCC2)CC1. The molecule has 0 radical (unpaired) electrons. The number of amides is 2. The predicted molar refractivity (Wildman–Crippen MR) is 106 cm³/mol. The molecule has 2 fully saturated rings. The van der Waals surface area contributed by atoms with E-state index in [4.69, 9.17) is 4.74 Å². The molecule has 1 aliphatic heterocycles. The third-order valence-corrected chi connectivity index (χ3v) is 6.30. The number of hydrogen-bond donors (Lipinski definition) is 0. The Morgan fingerprint density at radius 3 is 2.52 bits per heavy atom. The minimum atomic E-state index is -0.283. The van der Waals surface area contributed by atoms with E-state index in [0.717, 1.165) is 5.03 Å². The Morgan fingerprint density at radius 2 is 1.85 bits per heavy atom. The normalized spacial score (nSPS) is 18.2. The van der Waals surface area contributed by atoms with Crippen LogP contribution in [0.5, 0.6) is 0 Å². The molecule has 0 atom stereocenters. The first-order valence-corrected chi connectivity index (χ1v) is 10.7. The van der Waals surface area contributed by atoms with Crippen molar-refractivity contribution in [3.63, 3.8) is 0 Å². The zero-order chi connectivity index (χ0) is 19.2. The van der Waals surface area contributed by atoms with Gasteiger partial charge >= 0.3 is 6.09 Å². The molecule has 0 spiro atoms. The standard InChI is InChI=1S/C20H29N3O3S/c1-15(2)14-26-20(25)23-12-10-22(11-13-23)19(24)17-8-5-9-21-18(17)27-16-6-3-4-7-16/h5,8-9,15-16H,3-4,6-7,10-14H2,1-2H3. The van der Waals surface area contributed by atoms with Gasteiger partial charge in [-0.05, 0) is 30.9 Å². The van der Waals surface area contributed by atoms with Crippen LogP contribution in [-0.4, -0.2) is 64.8 Å². The molecule has 2 aliphatic rings. The van der Waals surface area contributed by atoms with Crippen LogP contribution in [0.4, 0.5) is 4.79 Å². The van der Waals surface area contributed by atoms with Gasteiger partial charge in [-0.15, -0.1) is 11.8 Å². The van der Waals surface area contributed by atoms with Crippen molar-refractivity contribution in [3.05, 3.63) is 23.9 Å². The lowest BCUT2D eigenvalue weighted by atomic mass is 10.2.